The first-order valence-corrected chi connectivity index (χ1v) is 7.96. The Labute approximate surface area is 109 Å². The molecular weight excluding hydrogens is 206 g/mol. The lowest BCUT2D eigenvalue weighted by molar-refractivity contribution is 0.213. The third-order valence-electron chi connectivity index (χ3n) is 4.95. The van der Waals surface area contributed by atoms with Crippen molar-refractivity contribution in [2.24, 2.45) is 23.5 Å². The van der Waals surface area contributed by atoms with Crippen LogP contribution in [0.2, 0.25) is 0 Å². The third-order valence-corrected chi connectivity index (χ3v) is 4.95. The average Bonchev–Trinajstić information content (AvgIpc) is 2.37. The molecule has 1 heteroatoms. The Morgan fingerprint density at radius 1 is 1.00 bits per heavy atom. The van der Waals surface area contributed by atoms with Gasteiger partial charge in [-0.3, -0.25) is 0 Å². The summed E-state index contributed by atoms with van der Waals surface area (Å²) in [4.78, 5) is 0. The molecule has 0 aliphatic heterocycles. The van der Waals surface area contributed by atoms with Gasteiger partial charge in [-0.1, -0.05) is 59.3 Å². The third kappa shape index (κ3) is 4.99. The zero-order chi connectivity index (χ0) is 12.7. The highest BCUT2D eigenvalue weighted by molar-refractivity contribution is 4.81. The van der Waals surface area contributed by atoms with Crippen LogP contribution in [0.15, 0.2) is 0 Å². The molecular formula is C16H33N. The molecule has 1 fully saturated rings. The molecule has 102 valence electrons. The van der Waals surface area contributed by atoms with E-state index in [4.69, 9.17) is 5.73 Å². The summed E-state index contributed by atoms with van der Waals surface area (Å²) in [6, 6.07) is 0.475. The lowest BCUT2D eigenvalue weighted by Crippen LogP contribution is -2.34. The smallest absolute Gasteiger partial charge is 0.00697 e. The van der Waals surface area contributed by atoms with Crippen LogP contribution in [0.4, 0.5) is 0 Å². The Kier molecular flexibility index (Phi) is 7.18. The first-order chi connectivity index (χ1) is 8.21. The van der Waals surface area contributed by atoms with Crippen LogP contribution in [-0.2, 0) is 0 Å². The molecule has 1 atom stereocenters. The average molecular weight is 239 g/mol. The summed E-state index contributed by atoms with van der Waals surface area (Å²) in [6.45, 7) is 6.92. The maximum absolute atomic E-state index is 6.42. The molecule has 1 aliphatic rings. The summed E-state index contributed by atoms with van der Waals surface area (Å²) in [6.07, 6.45) is 12.3. The molecule has 0 saturated heterocycles. The maximum atomic E-state index is 6.42. The van der Waals surface area contributed by atoms with Crippen molar-refractivity contribution in [1.82, 2.24) is 0 Å². The quantitative estimate of drug-likeness (QED) is 0.682. The van der Waals surface area contributed by atoms with Crippen LogP contribution in [0.1, 0.15) is 78.6 Å². The molecule has 0 spiro atoms. The molecule has 1 aliphatic carbocycles. The summed E-state index contributed by atoms with van der Waals surface area (Å²) >= 11 is 0. The van der Waals surface area contributed by atoms with Crippen LogP contribution in [0.25, 0.3) is 0 Å². The first-order valence-electron chi connectivity index (χ1n) is 7.96. The van der Waals surface area contributed by atoms with E-state index in [-0.39, 0.29) is 0 Å². The first kappa shape index (κ1) is 15.0. The van der Waals surface area contributed by atoms with Gasteiger partial charge in [0.2, 0.25) is 0 Å². The number of hydrogen-bond donors (Lipinski definition) is 1. The van der Waals surface area contributed by atoms with Crippen LogP contribution < -0.4 is 5.73 Å². The van der Waals surface area contributed by atoms with Gasteiger partial charge in [0.15, 0.2) is 0 Å². The SMILES string of the molecule is CCCC1CCC(C(N)CC(CC)CC)CC1. The Bertz CT molecular complexity index is 178. The van der Waals surface area contributed by atoms with Crippen LogP contribution in [0.5, 0.6) is 0 Å². The van der Waals surface area contributed by atoms with Crippen molar-refractivity contribution in [1.29, 1.82) is 0 Å². The highest BCUT2D eigenvalue weighted by Gasteiger charge is 2.26. The van der Waals surface area contributed by atoms with E-state index in [0.29, 0.717) is 6.04 Å². The molecule has 0 aromatic carbocycles. The van der Waals surface area contributed by atoms with Gasteiger partial charge in [0, 0.05) is 6.04 Å². The minimum Gasteiger partial charge on any atom is -0.327 e. The summed E-state index contributed by atoms with van der Waals surface area (Å²) in [5, 5.41) is 0. The molecule has 1 rings (SSSR count). The summed E-state index contributed by atoms with van der Waals surface area (Å²) in [7, 11) is 0. The standard InChI is InChI=1S/C16H33N/c1-4-7-14-8-10-15(11-9-14)16(17)12-13(5-2)6-3/h13-16H,4-12,17H2,1-3H3. The molecule has 0 amide bonds. The Balaban J connectivity index is 2.27. The van der Waals surface area contributed by atoms with Crippen LogP contribution >= 0.6 is 0 Å². The van der Waals surface area contributed by atoms with E-state index < -0.39 is 0 Å². The van der Waals surface area contributed by atoms with E-state index in [1.165, 1.54) is 57.8 Å². The van der Waals surface area contributed by atoms with E-state index in [9.17, 15) is 0 Å². The zero-order valence-electron chi connectivity index (χ0n) is 12.3. The van der Waals surface area contributed by atoms with Gasteiger partial charge >= 0.3 is 0 Å². The minimum absolute atomic E-state index is 0.475. The van der Waals surface area contributed by atoms with Crippen LogP contribution in [0, 0.1) is 17.8 Å². The topological polar surface area (TPSA) is 26.0 Å². The second-order valence-electron chi connectivity index (χ2n) is 6.15. The molecule has 1 nitrogen and oxygen atoms in total. The van der Waals surface area contributed by atoms with Crippen molar-refractivity contribution < 1.29 is 0 Å². The monoisotopic (exact) mass is 239 g/mol. The fourth-order valence-electron chi connectivity index (χ4n) is 3.51. The van der Waals surface area contributed by atoms with E-state index in [0.717, 1.165) is 17.8 Å². The number of nitrogens with two attached hydrogens (primary N) is 1. The molecule has 1 unspecified atom stereocenters. The molecule has 0 aromatic rings. The Hall–Kier alpha value is -0.0400. The van der Waals surface area contributed by atoms with Gasteiger partial charge < -0.3 is 5.73 Å². The van der Waals surface area contributed by atoms with E-state index in [1.54, 1.807) is 0 Å². The van der Waals surface area contributed by atoms with Gasteiger partial charge in [0.25, 0.3) is 0 Å². The van der Waals surface area contributed by atoms with Gasteiger partial charge in [-0.15, -0.1) is 0 Å². The van der Waals surface area contributed by atoms with Crippen LogP contribution in [-0.4, -0.2) is 6.04 Å². The summed E-state index contributed by atoms with van der Waals surface area (Å²) in [5.41, 5.74) is 6.42. The molecule has 17 heavy (non-hydrogen) atoms. The maximum Gasteiger partial charge on any atom is 0.00697 e. The highest BCUT2D eigenvalue weighted by Crippen LogP contribution is 2.34. The normalized spacial score (nSPS) is 27.4. The fourth-order valence-corrected chi connectivity index (χ4v) is 3.51. The van der Waals surface area contributed by atoms with Gasteiger partial charge in [0.1, 0.15) is 0 Å². The van der Waals surface area contributed by atoms with Crippen molar-refractivity contribution >= 4 is 0 Å². The van der Waals surface area contributed by atoms with Crippen molar-refractivity contribution in [3.05, 3.63) is 0 Å². The van der Waals surface area contributed by atoms with E-state index in [1.807, 2.05) is 0 Å². The molecule has 0 bridgehead atoms. The van der Waals surface area contributed by atoms with E-state index in [2.05, 4.69) is 20.8 Å². The van der Waals surface area contributed by atoms with Crippen molar-refractivity contribution in [3.8, 4) is 0 Å². The van der Waals surface area contributed by atoms with Crippen molar-refractivity contribution in [2.75, 3.05) is 0 Å². The predicted octanol–water partition coefficient (Wildman–Crippen LogP) is 4.75. The summed E-state index contributed by atoms with van der Waals surface area (Å²) in [5.74, 6) is 2.69. The second kappa shape index (κ2) is 8.13. The van der Waals surface area contributed by atoms with Gasteiger partial charge in [-0.05, 0) is 37.0 Å². The Morgan fingerprint density at radius 3 is 2.06 bits per heavy atom. The van der Waals surface area contributed by atoms with Crippen molar-refractivity contribution in [3.63, 3.8) is 0 Å². The van der Waals surface area contributed by atoms with Gasteiger partial charge in [0.05, 0.1) is 0 Å². The molecule has 2 N–H and O–H groups in total. The molecule has 0 heterocycles. The highest BCUT2D eigenvalue weighted by atomic mass is 14.7. The lowest BCUT2D eigenvalue weighted by atomic mass is 9.75. The molecule has 0 radical (unpaired) electrons. The molecule has 0 aromatic heterocycles. The Morgan fingerprint density at radius 2 is 1.59 bits per heavy atom. The molecule has 1 saturated carbocycles. The summed E-state index contributed by atoms with van der Waals surface area (Å²) < 4.78 is 0. The number of rotatable bonds is 7. The largest absolute Gasteiger partial charge is 0.327 e. The second-order valence-corrected chi connectivity index (χ2v) is 6.15. The lowest BCUT2D eigenvalue weighted by Gasteiger charge is -2.33. The van der Waals surface area contributed by atoms with E-state index >= 15 is 0 Å². The fraction of sp³-hybridized carbons (Fsp3) is 1.00. The predicted molar refractivity (Wildman–Crippen MR) is 77.0 cm³/mol. The zero-order valence-corrected chi connectivity index (χ0v) is 12.3. The minimum atomic E-state index is 0.475. The van der Waals surface area contributed by atoms with Gasteiger partial charge in [-0.2, -0.15) is 0 Å². The van der Waals surface area contributed by atoms with Crippen molar-refractivity contribution in [2.45, 2.75) is 84.6 Å². The number of hydrogen-bond acceptors (Lipinski definition) is 1. The van der Waals surface area contributed by atoms with Gasteiger partial charge in [-0.25, -0.2) is 0 Å². The van der Waals surface area contributed by atoms with Crippen LogP contribution in [0.3, 0.4) is 0 Å².